The molecular formula is C11H10N4O5. The van der Waals surface area contributed by atoms with Gasteiger partial charge in [-0.05, 0) is 18.2 Å². The lowest BCUT2D eigenvalue weighted by molar-refractivity contribution is -0.386. The molecule has 0 atom stereocenters. The topological polar surface area (TPSA) is 133 Å². The molecule has 0 aliphatic rings. The summed E-state index contributed by atoms with van der Waals surface area (Å²) < 4.78 is 6.29. The van der Waals surface area contributed by atoms with Gasteiger partial charge in [0.05, 0.1) is 11.5 Å². The fraction of sp³-hybridized carbons (Fsp3) is 0.0909. The highest BCUT2D eigenvalue weighted by Crippen LogP contribution is 2.10. The zero-order valence-corrected chi connectivity index (χ0v) is 10.1. The van der Waals surface area contributed by atoms with Crippen LogP contribution in [0.2, 0.25) is 0 Å². The number of hydrazine groups is 1. The van der Waals surface area contributed by atoms with Crippen molar-refractivity contribution < 1.29 is 14.1 Å². The molecular weight excluding hydrogens is 268 g/mol. The fourth-order valence-corrected chi connectivity index (χ4v) is 1.61. The second-order valence-electron chi connectivity index (χ2n) is 3.82. The molecule has 0 aliphatic carbocycles. The number of furan rings is 1. The second-order valence-corrected chi connectivity index (χ2v) is 3.82. The first-order valence-electron chi connectivity index (χ1n) is 5.46. The van der Waals surface area contributed by atoms with Crippen molar-refractivity contribution in [3.05, 3.63) is 62.5 Å². The minimum atomic E-state index is -0.756. The summed E-state index contributed by atoms with van der Waals surface area (Å²) in [5.74, 6) is 4.63. The number of nitrogens with zero attached hydrogens (tertiary/aromatic N) is 2. The molecule has 1 amide bonds. The maximum Gasteiger partial charge on any atom is 0.334 e. The summed E-state index contributed by atoms with van der Waals surface area (Å²) in [5, 5.41) is 10.7. The summed E-state index contributed by atoms with van der Waals surface area (Å²) in [5.41, 5.74) is 0.623. The van der Waals surface area contributed by atoms with Crippen molar-refractivity contribution in [1.29, 1.82) is 0 Å². The van der Waals surface area contributed by atoms with Crippen LogP contribution in [0.4, 0.5) is 5.69 Å². The van der Waals surface area contributed by atoms with Gasteiger partial charge in [0.1, 0.15) is 5.76 Å². The van der Waals surface area contributed by atoms with Gasteiger partial charge in [-0.1, -0.05) is 0 Å². The van der Waals surface area contributed by atoms with E-state index in [1.54, 1.807) is 0 Å². The number of carbonyl (C=O) groups is 1. The van der Waals surface area contributed by atoms with Gasteiger partial charge in [-0.25, -0.2) is 5.84 Å². The van der Waals surface area contributed by atoms with Crippen LogP contribution in [0, 0.1) is 10.1 Å². The summed E-state index contributed by atoms with van der Waals surface area (Å²) in [6.07, 6.45) is 1.39. The monoisotopic (exact) mass is 278 g/mol. The van der Waals surface area contributed by atoms with E-state index in [1.165, 1.54) is 24.4 Å². The molecule has 9 nitrogen and oxygen atoms in total. The normalized spacial score (nSPS) is 10.2. The molecule has 9 heteroatoms. The molecule has 0 radical (unpaired) electrons. The van der Waals surface area contributed by atoms with E-state index >= 15 is 0 Å². The van der Waals surface area contributed by atoms with Crippen LogP contribution in [0.5, 0.6) is 0 Å². The molecule has 0 fully saturated rings. The summed E-state index contributed by atoms with van der Waals surface area (Å²) in [6, 6.07) is 5.38. The SMILES string of the molecule is NNC(=O)c1ccc(Cn2cccc([N+](=O)[O-])c2=O)o1. The maximum absolute atomic E-state index is 11.8. The molecule has 0 aliphatic heterocycles. The van der Waals surface area contributed by atoms with Gasteiger partial charge in [0.15, 0.2) is 5.76 Å². The van der Waals surface area contributed by atoms with Crippen molar-refractivity contribution in [2.75, 3.05) is 0 Å². The van der Waals surface area contributed by atoms with Crippen LogP contribution in [0.3, 0.4) is 0 Å². The number of carbonyl (C=O) groups excluding carboxylic acids is 1. The van der Waals surface area contributed by atoms with Gasteiger partial charge < -0.3 is 8.98 Å². The lowest BCUT2D eigenvalue weighted by atomic mass is 10.3. The Bertz CT molecular complexity index is 718. The first-order chi connectivity index (χ1) is 9.52. The van der Waals surface area contributed by atoms with E-state index in [-0.39, 0.29) is 12.3 Å². The molecule has 0 saturated carbocycles. The highest BCUT2D eigenvalue weighted by Gasteiger charge is 2.15. The number of nitro groups is 1. The van der Waals surface area contributed by atoms with E-state index in [9.17, 15) is 19.7 Å². The Morgan fingerprint density at radius 2 is 2.20 bits per heavy atom. The quantitative estimate of drug-likeness (QED) is 0.350. The third-order valence-corrected chi connectivity index (χ3v) is 2.54. The molecule has 2 aromatic heterocycles. The van der Waals surface area contributed by atoms with Crippen molar-refractivity contribution in [3.8, 4) is 0 Å². The summed E-state index contributed by atoms with van der Waals surface area (Å²) in [6.45, 7) is -0.0294. The average molecular weight is 278 g/mol. The summed E-state index contributed by atoms with van der Waals surface area (Å²) in [4.78, 5) is 32.9. The Morgan fingerprint density at radius 3 is 2.85 bits per heavy atom. The molecule has 0 unspecified atom stereocenters. The molecule has 2 aromatic rings. The first-order valence-corrected chi connectivity index (χ1v) is 5.46. The van der Waals surface area contributed by atoms with Crippen molar-refractivity contribution in [2.24, 2.45) is 5.84 Å². The molecule has 0 aromatic carbocycles. The van der Waals surface area contributed by atoms with E-state index in [4.69, 9.17) is 10.3 Å². The van der Waals surface area contributed by atoms with Crippen LogP contribution in [0.25, 0.3) is 0 Å². The lowest BCUT2D eigenvalue weighted by Gasteiger charge is -2.02. The van der Waals surface area contributed by atoms with E-state index in [0.29, 0.717) is 5.76 Å². The number of amides is 1. The fourth-order valence-electron chi connectivity index (χ4n) is 1.61. The number of nitrogen functional groups attached to an aromatic ring is 1. The number of pyridine rings is 1. The zero-order valence-electron chi connectivity index (χ0n) is 10.1. The highest BCUT2D eigenvalue weighted by atomic mass is 16.6. The van der Waals surface area contributed by atoms with Crippen molar-refractivity contribution in [1.82, 2.24) is 9.99 Å². The lowest BCUT2D eigenvalue weighted by Crippen LogP contribution is -2.29. The molecule has 20 heavy (non-hydrogen) atoms. The Hall–Kier alpha value is -2.94. The Balaban J connectivity index is 2.29. The smallest absolute Gasteiger partial charge is 0.334 e. The van der Waals surface area contributed by atoms with Crippen LogP contribution in [0.15, 0.2) is 39.7 Å². The third kappa shape index (κ3) is 2.57. The zero-order chi connectivity index (χ0) is 14.7. The van der Waals surface area contributed by atoms with Crippen LogP contribution >= 0.6 is 0 Å². The molecule has 3 N–H and O–H groups in total. The van der Waals surface area contributed by atoms with Gasteiger partial charge in [-0.15, -0.1) is 0 Å². The van der Waals surface area contributed by atoms with Crippen LogP contribution < -0.4 is 16.8 Å². The summed E-state index contributed by atoms with van der Waals surface area (Å²) >= 11 is 0. The van der Waals surface area contributed by atoms with Crippen LogP contribution in [-0.4, -0.2) is 15.4 Å². The second kappa shape index (κ2) is 5.36. The van der Waals surface area contributed by atoms with E-state index in [1.807, 2.05) is 5.43 Å². The number of rotatable bonds is 4. The third-order valence-electron chi connectivity index (χ3n) is 2.54. The van der Waals surface area contributed by atoms with E-state index < -0.39 is 22.1 Å². The van der Waals surface area contributed by atoms with Crippen molar-refractivity contribution in [2.45, 2.75) is 6.54 Å². The Labute approximate surface area is 111 Å². The average Bonchev–Trinajstić information content (AvgIpc) is 2.88. The minimum Gasteiger partial charge on any atom is -0.454 e. The van der Waals surface area contributed by atoms with Gasteiger partial charge in [-0.2, -0.15) is 0 Å². The number of nitrogens with two attached hydrogens (primary N) is 1. The number of aromatic nitrogens is 1. The number of nitrogens with one attached hydrogen (secondary N) is 1. The predicted molar refractivity (Wildman–Crippen MR) is 66.8 cm³/mol. The largest absolute Gasteiger partial charge is 0.454 e. The molecule has 0 saturated heterocycles. The van der Waals surface area contributed by atoms with Gasteiger partial charge in [-0.3, -0.25) is 25.1 Å². The van der Waals surface area contributed by atoms with E-state index in [0.717, 1.165) is 10.6 Å². The van der Waals surface area contributed by atoms with Gasteiger partial charge in [0.2, 0.25) is 0 Å². The first kappa shape index (κ1) is 13.5. The summed E-state index contributed by atoms with van der Waals surface area (Å²) in [7, 11) is 0. The molecule has 104 valence electrons. The Morgan fingerprint density at radius 1 is 1.45 bits per heavy atom. The van der Waals surface area contributed by atoms with Crippen LogP contribution in [0.1, 0.15) is 16.3 Å². The van der Waals surface area contributed by atoms with E-state index in [2.05, 4.69) is 0 Å². The van der Waals surface area contributed by atoms with Gasteiger partial charge in [0, 0.05) is 12.3 Å². The van der Waals surface area contributed by atoms with Crippen LogP contribution in [-0.2, 0) is 6.54 Å². The molecule has 2 heterocycles. The molecule has 2 rings (SSSR count). The molecule has 0 bridgehead atoms. The Kier molecular flexibility index (Phi) is 3.62. The van der Waals surface area contributed by atoms with Gasteiger partial charge in [0.25, 0.3) is 0 Å². The van der Waals surface area contributed by atoms with Crippen molar-refractivity contribution in [3.63, 3.8) is 0 Å². The van der Waals surface area contributed by atoms with Gasteiger partial charge >= 0.3 is 17.2 Å². The predicted octanol–water partition coefficient (Wildman–Crippen LogP) is 0.00130. The molecule has 0 spiro atoms. The standard InChI is InChI=1S/C11H10N4O5/c12-13-10(16)9-4-3-7(20-9)6-14-5-1-2-8(11(14)17)15(18)19/h1-5H,6,12H2,(H,13,16). The maximum atomic E-state index is 11.8. The number of hydrogen-bond donors (Lipinski definition) is 2. The minimum absolute atomic E-state index is 0.0130. The van der Waals surface area contributed by atoms with Crippen molar-refractivity contribution >= 4 is 11.6 Å². The number of hydrogen-bond acceptors (Lipinski definition) is 6. The highest BCUT2D eigenvalue weighted by molar-refractivity contribution is 5.90.